The number of anilines is 1. The lowest BCUT2D eigenvalue weighted by Crippen LogP contribution is -2.47. The Hall–Kier alpha value is -2.69. The van der Waals surface area contributed by atoms with Crippen molar-refractivity contribution in [3.63, 3.8) is 0 Å². The fraction of sp³-hybridized carbons (Fsp3) is 0.357. The van der Waals surface area contributed by atoms with Crippen LogP contribution in [0.15, 0.2) is 78.9 Å². The van der Waals surface area contributed by atoms with Crippen molar-refractivity contribution in [3.05, 3.63) is 101 Å². The first kappa shape index (κ1) is 21.2. The Morgan fingerprint density at radius 2 is 1.53 bits per heavy atom. The van der Waals surface area contributed by atoms with Gasteiger partial charge in [-0.15, -0.1) is 0 Å². The van der Waals surface area contributed by atoms with Gasteiger partial charge in [-0.2, -0.15) is 0 Å². The number of rotatable bonds is 6. The lowest BCUT2D eigenvalue weighted by atomic mass is 9.68. The van der Waals surface area contributed by atoms with Crippen LogP contribution in [0.5, 0.6) is 0 Å². The van der Waals surface area contributed by atoms with Crippen LogP contribution in [0, 0.1) is 5.82 Å². The topological polar surface area (TPSA) is 18.5 Å². The first-order chi connectivity index (χ1) is 15.7. The lowest BCUT2D eigenvalue weighted by molar-refractivity contribution is 0.243. The summed E-state index contributed by atoms with van der Waals surface area (Å²) in [5, 5.41) is 3.70. The summed E-state index contributed by atoms with van der Waals surface area (Å²) in [6.07, 6.45) is 2.31. The summed E-state index contributed by atoms with van der Waals surface area (Å²) in [6.45, 7) is 7.19. The van der Waals surface area contributed by atoms with Gasteiger partial charge in [0.15, 0.2) is 0 Å². The van der Waals surface area contributed by atoms with E-state index < -0.39 is 0 Å². The van der Waals surface area contributed by atoms with Gasteiger partial charge in [0, 0.05) is 50.4 Å². The first-order valence-corrected chi connectivity index (χ1v) is 11.8. The van der Waals surface area contributed by atoms with Gasteiger partial charge in [0.05, 0.1) is 0 Å². The van der Waals surface area contributed by atoms with Gasteiger partial charge in [-0.3, -0.25) is 4.90 Å². The van der Waals surface area contributed by atoms with Crippen molar-refractivity contribution in [2.45, 2.75) is 24.8 Å². The van der Waals surface area contributed by atoms with Crippen molar-refractivity contribution in [2.24, 2.45) is 0 Å². The van der Waals surface area contributed by atoms with Gasteiger partial charge in [0.1, 0.15) is 5.82 Å². The number of nitrogens with zero attached hydrogens (tertiary/aromatic N) is 2. The van der Waals surface area contributed by atoms with E-state index in [1.54, 1.807) is 12.1 Å². The van der Waals surface area contributed by atoms with Crippen LogP contribution in [-0.2, 0) is 12.0 Å². The van der Waals surface area contributed by atoms with E-state index in [0.29, 0.717) is 0 Å². The highest BCUT2D eigenvalue weighted by atomic mass is 19.1. The third-order valence-corrected chi connectivity index (χ3v) is 7.24. The van der Waals surface area contributed by atoms with Crippen molar-refractivity contribution >= 4 is 5.69 Å². The zero-order chi connectivity index (χ0) is 21.8. The fourth-order valence-electron chi connectivity index (χ4n) is 5.52. The summed E-state index contributed by atoms with van der Waals surface area (Å²) in [6, 6.07) is 26.9. The van der Waals surface area contributed by atoms with E-state index in [-0.39, 0.29) is 11.2 Å². The van der Waals surface area contributed by atoms with Crippen LogP contribution in [0.3, 0.4) is 0 Å². The Morgan fingerprint density at radius 1 is 0.812 bits per heavy atom. The minimum atomic E-state index is -0.168. The predicted molar refractivity (Wildman–Crippen MR) is 130 cm³/mol. The maximum atomic E-state index is 13.2. The molecule has 0 radical (unpaired) electrons. The standard InChI is InChI=1S/C28H32FN3/c29-25-11-13-26(14-12-25)32-19-17-31(18-20-32)16-6-15-28(24-8-2-1-3-9-24)22-30-21-23-7-4-5-10-27(23)28/h1-5,7-14,30H,6,15-22H2. The average molecular weight is 430 g/mol. The molecule has 5 rings (SSSR count). The molecule has 0 amide bonds. The Morgan fingerprint density at radius 3 is 2.31 bits per heavy atom. The van der Waals surface area contributed by atoms with Gasteiger partial charge in [-0.05, 0) is 60.3 Å². The van der Waals surface area contributed by atoms with Crippen molar-refractivity contribution in [1.29, 1.82) is 0 Å². The molecule has 3 aromatic rings. The number of fused-ring (bicyclic) bond motifs is 1. The van der Waals surface area contributed by atoms with Gasteiger partial charge < -0.3 is 10.2 Å². The van der Waals surface area contributed by atoms with Gasteiger partial charge in [-0.25, -0.2) is 4.39 Å². The molecule has 0 aromatic heterocycles. The lowest BCUT2D eigenvalue weighted by Gasteiger charge is -2.41. The van der Waals surface area contributed by atoms with Gasteiger partial charge in [0.25, 0.3) is 0 Å². The summed E-state index contributed by atoms with van der Waals surface area (Å²) in [5.74, 6) is -0.168. The van der Waals surface area contributed by atoms with Crippen LogP contribution in [0.1, 0.15) is 29.5 Å². The van der Waals surface area contributed by atoms with Crippen molar-refractivity contribution < 1.29 is 4.39 Å². The second kappa shape index (κ2) is 9.43. The molecule has 2 heterocycles. The monoisotopic (exact) mass is 429 g/mol. The largest absolute Gasteiger partial charge is 0.369 e. The zero-order valence-electron chi connectivity index (χ0n) is 18.6. The van der Waals surface area contributed by atoms with Crippen LogP contribution in [0.4, 0.5) is 10.1 Å². The van der Waals surface area contributed by atoms with E-state index in [1.165, 1.54) is 23.1 Å². The van der Waals surface area contributed by atoms with Crippen molar-refractivity contribution in [2.75, 3.05) is 44.2 Å². The second-order valence-electron chi connectivity index (χ2n) is 9.12. The highest BCUT2D eigenvalue weighted by molar-refractivity contribution is 5.47. The third-order valence-electron chi connectivity index (χ3n) is 7.24. The van der Waals surface area contributed by atoms with Crippen molar-refractivity contribution in [3.8, 4) is 0 Å². The highest BCUT2D eigenvalue weighted by Gasteiger charge is 2.37. The van der Waals surface area contributed by atoms with Gasteiger partial charge in [-0.1, -0.05) is 54.6 Å². The van der Waals surface area contributed by atoms with Crippen LogP contribution in [-0.4, -0.2) is 44.2 Å². The molecule has 1 unspecified atom stereocenters. The van der Waals surface area contributed by atoms with E-state index in [9.17, 15) is 4.39 Å². The van der Waals surface area contributed by atoms with Gasteiger partial charge >= 0.3 is 0 Å². The molecular weight excluding hydrogens is 397 g/mol. The van der Waals surface area contributed by atoms with Crippen LogP contribution in [0.2, 0.25) is 0 Å². The maximum absolute atomic E-state index is 13.2. The SMILES string of the molecule is Fc1ccc(N2CCN(CCCC3(c4ccccc4)CNCc4ccccc43)CC2)cc1. The molecular formula is C28H32FN3. The normalized spacial score (nSPS) is 21.3. The first-order valence-electron chi connectivity index (χ1n) is 11.8. The number of hydrogen-bond acceptors (Lipinski definition) is 3. The molecule has 0 saturated carbocycles. The van der Waals surface area contributed by atoms with Crippen LogP contribution < -0.4 is 10.2 Å². The summed E-state index contributed by atoms with van der Waals surface area (Å²) >= 11 is 0. The Bertz CT molecular complexity index is 1010. The molecule has 3 nitrogen and oxygen atoms in total. The van der Waals surface area contributed by atoms with Crippen LogP contribution >= 0.6 is 0 Å². The van der Waals surface area contributed by atoms with Crippen LogP contribution in [0.25, 0.3) is 0 Å². The zero-order valence-corrected chi connectivity index (χ0v) is 18.6. The average Bonchev–Trinajstić information content (AvgIpc) is 2.86. The van der Waals surface area contributed by atoms with E-state index in [2.05, 4.69) is 69.7 Å². The quantitative estimate of drug-likeness (QED) is 0.606. The maximum Gasteiger partial charge on any atom is 0.123 e. The molecule has 1 saturated heterocycles. The number of benzene rings is 3. The fourth-order valence-corrected chi connectivity index (χ4v) is 5.52. The molecule has 32 heavy (non-hydrogen) atoms. The summed E-state index contributed by atoms with van der Waals surface area (Å²) in [5.41, 5.74) is 5.49. The molecule has 2 aliphatic rings. The Kier molecular flexibility index (Phi) is 6.24. The predicted octanol–water partition coefficient (Wildman–Crippen LogP) is 4.82. The summed E-state index contributed by atoms with van der Waals surface area (Å²) in [4.78, 5) is 4.95. The van der Waals surface area contributed by atoms with Crippen molar-refractivity contribution in [1.82, 2.24) is 10.2 Å². The second-order valence-corrected chi connectivity index (χ2v) is 9.12. The minimum absolute atomic E-state index is 0.0338. The molecule has 1 N–H and O–H groups in total. The smallest absolute Gasteiger partial charge is 0.123 e. The van der Waals surface area contributed by atoms with E-state index in [4.69, 9.17) is 0 Å². The Balaban J connectivity index is 1.25. The number of halogens is 1. The molecule has 4 heteroatoms. The molecule has 1 fully saturated rings. The molecule has 1 atom stereocenters. The summed E-state index contributed by atoms with van der Waals surface area (Å²) < 4.78 is 13.2. The number of nitrogens with one attached hydrogen (secondary N) is 1. The van der Waals surface area contributed by atoms with E-state index in [0.717, 1.165) is 57.9 Å². The number of hydrogen-bond donors (Lipinski definition) is 1. The minimum Gasteiger partial charge on any atom is -0.369 e. The molecule has 0 aliphatic carbocycles. The molecule has 0 bridgehead atoms. The number of piperazine rings is 1. The highest BCUT2D eigenvalue weighted by Crippen LogP contribution is 2.40. The Labute approximate surface area is 190 Å². The van der Waals surface area contributed by atoms with E-state index in [1.807, 2.05) is 12.1 Å². The van der Waals surface area contributed by atoms with Gasteiger partial charge in [0.2, 0.25) is 0 Å². The third kappa shape index (κ3) is 4.30. The molecule has 0 spiro atoms. The van der Waals surface area contributed by atoms with E-state index >= 15 is 0 Å². The summed E-state index contributed by atoms with van der Waals surface area (Å²) in [7, 11) is 0. The molecule has 3 aromatic carbocycles. The molecule has 166 valence electrons. The molecule has 2 aliphatic heterocycles.